The third-order valence-corrected chi connectivity index (χ3v) is 6.35. The van der Waals surface area contributed by atoms with E-state index < -0.39 is 10.0 Å². The molecule has 0 aliphatic heterocycles. The first-order valence-corrected chi connectivity index (χ1v) is 10.5. The Labute approximate surface area is 165 Å². The number of benzene rings is 2. The van der Waals surface area contributed by atoms with E-state index >= 15 is 0 Å². The van der Waals surface area contributed by atoms with Crippen LogP contribution in [-0.2, 0) is 14.8 Å². The molecule has 28 heavy (non-hydrogen) atoms. The molecule has 6 nitrogen and oxygen atoms in total. The summed E-state index contributed by atoms with van der Waals surface area (Å²) in [6.07, 6.45) is 0. The van der Waals surface area contributed by atoms with Gasteiger partial charge in [0, 0.05) is 13.1 Å². The summed E-state index contributed by atoms with van der Waals surface area (Å²) in [6, 6.07) is 11.5. The number of hydrogen-bond acceptors (Lipinski definition) is 4. The summed E-state index contributed by atoms with van der Waals surface area (Å²) in [5.41, 5.74) is 0.772. The predicted molar refractivity (Wildman–Crippen MR) is 105 cm³/mol. The Morgan fingerprint density at radius 2 is 1.64 bits per heavy atom. The van der Waals surface area contributed by atoms with Crippen LogP contribution in [0.3, 0.4) is 0 Å². The Balaban J connectivity index is 1.95. The molecule has 0 unspecified atom stereocenters. The summed E-state index contributed by atoms with van der Waals surface area (Å²) >= 11 is 0. The van der Waals surface area contributed by atoms with E-state index in [9.17, 15) is 17.6 Å². The lowest BCUT2D eigenvalue weighted by Gasteiger charge is -2.19. The highest BCUT2D eigenvalue weighted by Gasteiger charge is 2.21. The monoisotopic (exact) mass is 408 g/mol. The van der Waals surface area contributed by atoms with Crippen molar-refractivity contribution >= 4 is 15.9 Å². The molecule has 0 aliphatic carbocycles. The quantitative estimate of drug-likeness (QED) is 0.692. The number of nitrogens with zero attached hydrogens (tertiary/aromatic N) is 1. The van der Waals surface area contributed by atoms with Gasteiger partial charge in [-0.15, -0.1) is 0 Å². The van der Waals surface area contributed by atoms with Crippen molar-refractivity contribution in [3.8, 4) is 5.75 Å². The second-order valence-electron chi connectivity index (χ2n) is 6.19. The van der Waals surface area contributed by atoms with Gasteiger partial charge in [0.25, 0.3) is 5.91 Å². The molecule has 0 bridgehead atoms. The van der Waals surface area contributed by atoms with Crippen LogP contribution in [0.4, 0.5) is 4.39 Å². The number of sulfonamides is 1. The molecule has 2 aromatic carbocycles. The van der Waals surface area contributed by atoms with E-state index in [2.05, 4.69) is 5.32 Å². The molecule has 1 N–H and O–H groups in total. The van der Waals surface area contributed by atoms with E-state index in [1.165, 1.54) is 28.6 Å². The van der Waals surface area contributed by atoms with Crippen LogP contribution in [0.25, 0.3) is 0 Å². The molecule has 0 heterocycles. The molecule has 0 spiro atoms. The maximum absolute atomic E-state index is 12.9. The van der Waals surface area contributed by atoms with Crippen molar-refractivity contribution in [3.05, 3.63) is 59.9 Å². The summed E-state index contributed by atoms with van der Waals surface area (Å²) in [4.78, 5) is 12.3. The van der Waals surface area contributed by atoms with Gasteiger partial charge in [-0.25, -0.2) is 12.8 Å². The van der Waals surface area contributed by atoms with Crippen molar-refractivity contribution in [2.75, 3.05) is 19.7 Å². The fraction of sp³-hybridized carbons (Fsp3) is 0.350. The van der Waals surface area contributed by atoms with E-state index in [0.717, 1.165) is 5.56 Å². The molecule has 2 aromatic rings. The van der Waals surface area contributed by atoms with E-state index in [0.29, 0.717) is 18.8 Å². The second kappa shape index (κ2) is 9.66. The minimum atomic E-state index is -3.51. The zero-order chi connectivity index (χ0) is 20.7. The molecule has 8 heteroatoms. The average Bonchev–Trinajstić information content (AvgIpc) is 2.68. The Hall–Kier alpha value is -2.45. The van der Waals surface area contributed by atoms with Crippen LogP contribution >= 0.6 is 0 Å². The van der Waals surface area contributed by atoms with Crippen molar-refractivity contribution in [1.82, 2.24) is 9.62 Å². The maximum Gasteiger partial charge on any atom is 0.258 e. The number of hydrogen-bond donors (Lipinski definition) is 1. The molecule has 0 radical (unpaired) electrons. The first kappa shape index (κ1) is 21.8. The zero-order valence-corrected chi connectivity index (χ0v) is 17.0. The standard InChI is InChI=1S/C20H25FN2O4S/c1-4-23(5-2)28(25,26)19-12-6-16(7-13-19)15(3)22-20(24)14-27-18-10-8-17(21)9-11-18/h6-13,15H,4-5,14H2,1-3H3,(H,22,24)/t15-/m0/s1. The lowest BCUT2D eigenvalue weighted by Crippen LogP contribution is -2.31. The minimum absolute atomic E-state index is 0.204. The van der Waals surface area contributed by atoms with Crippen LogP contribution in [0.15, 0.2) is 53.4 Å². The van der Waals surface area contributed by atoms with Crippen molar-refractivity contribution < 1.29 is 22.3 Å². The lowest BCUT2D eigenvalue weighted by molar-refractivity contribution is -0.123. The van der Waals surface area contributed by atoms with E-state index in [1.54, 1.807) is 45.0 Å². The smallest absolute Gasteiger partial charge is 0.258 e. The van der Waals surface area contributed by atoms with Gasteiger partial charge in [0.2, 0.25) is 10.0 Å². The number of amides is 1. The summed E-state index contributed by atoms with van der Waals surface area (Å²) in [5.74, 6) is -0.316. The van der Waals surface area contributed by atoms with E-state index in [4.69, 9.17) is 4.74 Å². The molecule has 1 atom stereocenters. The molecule has 0 saturated carbocycles. The van der Waals surface area contributed by atoms with Crippen molar-refractivity contribution in [3.63, 3.8) is 0 Å². The van der Waals surface area contributed by atoms with Crippen LogP contribution in [0.1, 0.15) is 32.4 Å². The Morgan fingerprint density at radius 3 is 2.18 bits per heavy atom. The maximum atomic E-state index is 12.9. The van der Waals surface area contributed by atoms with Gasteiger partial charge in [0.1, 0.15) is 11.6 Å². The van der Waals surface area contributed by atoms with Gasteiger partial charge >= 0.3 is 0 Å². The van der Waals surface area contributed by atoms with Gasteiger partial charge in [-0.3, -0.25) is 4.79 Å². The van der Waals surface area contributed by atoms with Crippen LogP contribution in [0, 0.1) is 5.82 Å². The first-order chi connectivity index (χ1) is 13.3. The van der Waals surface area contributed by atoms with E-state index in [-0.39, 0.29) is 29.3 Å². The second-order valence-corrected chi connectivity index (χ2v) is 8.13. The highest BCUT2D eigenvalue weighted by Crippen LogP contribution is 2.19. The third-order valence-electron chi connectivity index (χ3n) is 4.28. The van der Waals surface area contributed by atoms with Gasteiger partial charge in [-0.1, -0.05) is 26.0 Å². The highest BCUT2D eigenvalue weighted by molar-refractivity contribution is 7.89. The van der Waals surface area contributed by atoms with Gasteiger partial charge in [0.15, 0.2) is 6.61 Å². The molecular weight excluding hydrogens is 383 g/mol. The molecule has 0 aliphatic rings. The van der Waals surface area contributed by atoms with Gasteiger partial charge < -0.3 is 10.1 Å². The largest absolute Gasteiger partial charge is 0.484 e. The number of rotatable bonds is 9. The Morgan fingerprint density at radius 1 is 1.07 bits per heavy atom. The predicted octanol–water partition coefficient (Wildman–Crippen LogP) is 3.11. The number of halogens is 1. The number of nitrogens with one attached hydrogen (secondary N) is 1. The van der Waals surface area contributed by atoms with Crippen LogP contribution in [0.2, 0.25) is 0 Å². The molecular formula is C20H25FN2O4S. The SMILES string of the molecule is CCN(CC)S(=O)(=O)c1ccc([C@H](C)NC(=O)COc2ccc(F)cc2)cc1. The topological polar surface area (TPSA) is 75.7 Å². The highest BCUT2D eigenvalue weighted by atomic mass is 32.2. The van der Waals surface area contributed by atoms with Gasteiger partial charge in [-0.05, 0) is 48.9 Å². The average molecular weight is 408 g/mol. The summed E-state index contributed by atoms with van der Waals surface area (Å²) in [6.45, 7) is 5.98. The lowest BCUT2D eigenvalue weighted by atomic mass is 10.1. The Kier molecular flexibility index (Phi) is 7.53. The molecule has 0 aromatic heterocycles. The summed E-state index contributed by atoms with van der Waals surface area (Å²) in [5, 5.41) is 2.78. The van der Waals surface area contributed by atoms with Crippen LogP contribution in [0.5, 0.6) is 5.75 Å². The van der Waals surface area contributed by atoms with Crippen molar-refractivity contribution in [2.45, 2.75) is 31.7 Å². The zero-order valence-electron chi connectivity index (χ0n) is 16.2. The summed E-state index contributed by atoms with van der Waals surface area (Å²) in [7, 11) is -3.51. The normalized spacial score (nSPS) is 12.6. The number of ether oxygens (including phenoxy) is 1. The fourth-order valence-corrected chi connectivity index (χ4v) is 4.15. The Bertz CT molecular complexity index is 879. The molecule has 0 fully saturated rings. The molecule has 2 rings (SSSR count). The summed E-state index contributed by atoms with van der Waals surface area (Å²) < 4.78 is 44.6. The van der Waals surface area contributed by atoms with Gasteiger partial charge in [-0.2, -0.15) is 4.31 Å². The van der Waals surface area contributed by atoms with Crippen molar-refractivity contribution in [1.29, 1.82) is 0 Å². The minimum Gasteiger partial charge on any atom is -0.484 e. The van der Waals surface area contributed by atoms with Crippen LogP contribution < -0.4 is 10.1 Å². The molecule has 0 saturated heterocycles. The third kappa shape index (κ3) is 5.53. The molecule has 152 valence electrons. The van der Waals surface area contributed by atoms with Crippen molar-refractivity contribution in [2.24, 2.45) is 0 Å². The number of carbonyl (C=O) groups is 1. The number of carbonyl (C=O) groups excluding carboxylic acids is 1. The van der Waals surface area contributed by atoms with Crippen LogP contribution in [-0.4, -0.2) is 38.3 Å². The fourth-order valence-electron chi connectivity index (χ4n) is 2.69. The van der Waals surface area contributed by atoms with E-state index in [1.807, 2.05) is 0 Å². The van der Waals surface area contributed by atoms with Gasteiger partial charge in [0.05, 0.1) is 10.9 Å². The first-order valence-electron chi connectivity index (χ1n) is 9.05. The molecule has 1 amide bonds.